The van der Waals surface area contributed by atoms with Gasteiger partial charge in [0.2, 0.25) is 5.91 Å². The van der Waals surface area contributed by atoms with Gasteiger partial charge in [-0.05, 0) is 0 Å². The van der Waals surface area contributed by atoms with Crippen LogP contribution in [0.4, 0.5) is 11.4 Å². The smallest absolute Gasteiger partial charge is 0.296 e. The van der Waals surface area contributed by atoms with Crippen LogP contribution in [0.3, 0.4) is 0 Å². The summed E-state index contributed by atoms with van der Waals surface area (Å²) in [5.41, 5.74) is 0.147. The van der Waals surface area contributed by atoms with E-state index < -0.39 is 4.92 Å². The Morgan fingerprint density at radius 1 is 1.29 bits per heavy atom. The number of hydrogen-bond acceptors (Lipinski definition) is 6. The van der Waals surface area contributed by atoms with Gasteiger partial charge in [-0.2, -0.15) is 0 Å². The highest BCUT2D eigenvalue weighted by molar-refractivity contribution is 5.76. The third-order valence-electron chi connectivity index (χ3n) is 2.85. The second-order valence-corrected chi connectivity index (χ2v) is 4.45. The zero-order chi connectivity index (χ0) is 16.0. The molecule has 1 aromatic carbocycles. The Hall–Kier alpha value is -2.51. The Kier molecular flexibility index (Phi) is 5.77. The van der Waals surface area contributed by atoms with Crippen LogP contribution < -0.4 is 14.8 Å². The first-order valence-corrected chi connectivity index (χ1v) is 6.25. The number of nitrogens with one attached hydrogen (secondary N) is 1. The van der Waals surface area contributed by atoms with E-state index in [1.54, 1.807) is 14.1 Å². The lowest BCUT2D eigenvalue weighted by Gasteiger charge is -2.13. The van der Waals surface area contributed by atoms with Gasteiger partial charge in [-0.3, -0.25) is 14.9 Å². The first-order chi connectivity index (χ1) is 9.90. The van der Waals surface area contributed by atoms with Gasteiger partial charge in [0.1, 0.15) is 5.69 Å². The number of nitrogens with zero attached hydrogens (tertiary/aromatic N) is 2. The average molecular weight is 297 g/mol. The van der Waals surface area contributed by atoms with Crippen LogP contribution in [0.2, 0.25) is 0 Å². The first kappa shape index (κ1) is 16.5. The maximum absolute atomic E-state index is 11.5. The molecule has 0 aliphatic carbocycles. The molecule has 1 rings (SSSR count). The fourth-order valence-electron chi connectivity index (χ4n) is 1.69. The lowest BCUT2D eigenvalue weighted by Crippen LogP contribution is -2.24. The Balaban J connectivity index is 2.94. The van der Waals surface area contributed by atoms with Gasteiger partial charge < -0.3 is 19.7 Å². The Morgan fingerprint density at radius 2 is 1.86 bits per heavy atom. The van der Waals surface area contributed by atoms with E-state index in [0.717, 1.165) is 0 Å². The van der Waals surface area contributed by atoms with Crippen molar-refractivity contribution >= 4 is 17.3 Å². The fourth-order valence-corrected chi connectivity index (χ4v) is 1.69. The number of carbonyl (C=O) groups excluding carboxylic acids is 1. The average Bonchev–Trinajstić information content (AvgIpc) is 2.45. The van der Waals surface area contributed by atoms with Gasteiger partial charge in [0.25, 0.3) is 5.69 Å². The molecule has 0 spiro atoms. The van der Waals surface area contributed by atoms with E-state index in [-0.39, 0.29) is 36.0 Å². The predicted molar refractivity (Wildman–Crippen MR) is 78.0 cm³/mol. The Morgan fingerprint density at radius 3 is 2.33 bits per heavy atom. The van der Waals surface area contributed by atoms with E-state index in [2.05, 4.69) is 5.32 Å². The zero-order valence-electron chi connectivity index (χ0n) is 12.5. The number of benzene rings is 1. The van der Waals surface area contributed by atoms with E-state index in [1.165, 1.54) is 31.3 Å². The number of carbonyl (C=O) groups is 1. The van der Waals surface area contributed by atoms with Crippen molar-refractivity contribution in [2.24, 2.45) is 0 Å². The van der Waals surface area contributed by atoms with Gasteiger partial charge in [0, 0.05) is 33.1 Å². The van der Waals surface area contributed by atoms with Crippen molar-refractivity contribution in [1.29, 1.82) is 0 Å². The Bertz CT molecular complexity index is 531. The van der Waals surface area contributed by atoms with E-state index in [9.17, 15) is 14.9 Å². The second kappa shape index (κ2) is 7.32. The van der Waals surface area contributed by atoms with Crippen molar-refractivity contribution in [2.45, 2.75) is 6.42 Å². The van der Waals surface area contributed by atoms with Crippen molar-refractivity contribution < 1.29 is 19.2 Å². The summed E-state index contributed by atoms with van der Waals surface area (Å²) in [4.78, 5) is 23.5. The molecule has 0 aromatic heterocycles. The van der Waals surface area contributed by atoms with Gasteiger partial charge >= 0.3 is 0 Å². The minimum absolute atomic E-state index is 0.0642. The number of amides is 1. The number of nitro benzene ring substituents is 1. The van der Waals surface area contributed by atoms with Gasteiger partial charge in [0.15, 0.2) is 11.5 Å². The van der Waals surface area contributed by atoms with E-state index >= 15 is 0 Å². The molecule has 8 nitrogen and oxygen atoms in total. The van der Waals surface area contributed by atoms with Crippen LogP contribution in [0.25, 0.3) is 0 Å². The second-order valence-electron chi connectivity index (χ2n) is 4.45. The fraction of sp³-hybridized carbons (Fsp3) is 0.462. The summed E-state index contributed by atoms with van der Waals surface area (Å²) in [5, 5.41) is 14.0. The molecule has 0 saturated carbocycles. The quantitative estimate of drug-likeness (QED) is 0.605. The molecule has 0 aliphatic rings. The van der Waals surface area contributed by atoms with Crippen molar-refractivity contribution in [3.05, 3.63) is 22.2 Å². The molecular weight excluding hydrogens is 278 g/mol. The molecule has 0 fully saturated rings. The summed E-state index contributed by atoms with van der Waals surface area (Å²) < 4.78 is 10.2. The van der Waals surface area contributed by atoms with Gasteiger partial charge in [-0.15, -0.1) is 0 Å². The highest BCUT2D eigenvalue weighted by Gasteiger charge is 2.19. The summed E-state index contributed by atoms with van der Waals surface area (Å²) >= 11 is 0. The Labute approximate surface area is 122 Å². The maximum Gasteiger partial charge on any atom is 0.296 e. The topological polar surface area (TPSA) is 93.9 Å². The lowest BCUT2D eigenvalue weighted by molar-refractivity contribution is -0.384. The molecule has 0 atom stereocenters. The molecule has 0 aliphatic heterocycles. The van der Waals surface area contributed by atoms with Crippen LogP contribution in [-0.4, -0.2) is 50.6 Å². The van der Waals surface area contributed by atoms with Crippen LogP contribution in [-0.2, 0) is 4.79 Å². The van der Waals surface area contributed by atoms with Crippen molar-refractivity contribution in [3.8, 4) is 11.5 Å². The number of anilines is 1. The van der Waals surface area contributed by atoms with E-state index in [4.69, 9.17) is 9.47 Å². The number of nitro groups is 1. The van der Waals surface area contributed by atoms with Gasteiger partial charge in [0.05, 0.1) is 25.2 Å². The molecule has 0 radical (unpaired) electrons. The predicted octanol–water partition coefficient (Wildman–Crippen LogP) is 1.50. The summed E-state index contributed by atoms with van der Waals surface area (Å²) in [7, 11) is 6.16. The third kappa shape index (κ3) is 4.23. The van der Waals surface area contributed by atoms with Gasteiger partial charge in [-0.1, -0.05) is 0 Å². The molecule has 1 amide bonds. The summed E-state index contributed by atoms with van der Waals surface area (Å²) in [5.74, 6) is 0.592. The highest BCUT2D eigenvalue weighted by atomic mass is 16.6. The van der Waals surface area contributed by atoms with E-state index in [1.807, 2.05) is 0 Å². The van der Waals surface area contributed by atoms with Crippen molar-refractivity contribution in [3.63, 3.8) is 0 Å². The molecule has 0 unspecified atom stereocenters. The molecule has 116 valence electrons. The van der Waals surface area contributed by atoms with Gasteiger partial charge in [-0.25, -0.2) is 0 Å². The minimum atomic E-state index is -0.516. The normalized spacial score (nSPS) is 9.90. The SMILES string of the molecule is COc1cc(NCCC(=O)N(C)C)c([N+](=O)[O-])cc1OC. The maximum atomic E-state index is 11.5. The molecular formula is C13H19N3O5. The number of rotatable bonds is 7. The molecule has 1 aromatic rings. The number of ether oxygens (including phenoxy) is 2. The summed E-state index contributed by atoms with van der Waals surface area (Å²) in [6, 6.07) is 2.77. The molecule has 21 heavy (non-hydrogen) atoms. The largest absolute Gasteiger partial charge is 0.493 e. The monoisotopic (exact) mass is 297 g/mol. The molecule has 0 bridgehead atoms. The standard InChI is InChI=1S/C13H19N3O5/c1-15(2)13(17)5-6-14-9-7-11(20-3)12(21-4)8-10(9)16(18)19/h7-8,14H,5-6H2,1-4H3. The third-order valence-corrected chi connectivity index (χ3v) is 2.85. The molecule has 0 saturated heterocycles. The number of methoxy groups -OCH3 is 2. The number of hydrogen-bond donors (Lipinski definition) is 1. The van der Waals surface area contributed by atoms with E-state index in [0.29, 0.717) is 5.75 Å². The molecule has 1 N–H and O–H groups in total. The molecule has 0 heterocycles. The van der Waals surface area contributed by atoms with Crippen LogP contribution >= 0.6 is 0 Å². The minimum Gasteiger partial charge on any atom is -0.493 e. The van der Waals surface area contributed by atoms with Crippen molar-refractivity contribution in [2.75, 3.05) is 40.2 Å². The van der Waals surface area contributed by atoms with Crippen molar-refractivity contribution in [1.82, 2.24) is 4.90 Å². The van der Waals surface area contributed by atoms with Crippen LogP contribution in [0.15, 0.2) is 12.1 Å². The molecule has 8 heteroatoms. The van der Waals surface area contributed by atoms with Crippen LogP contribution in [0.5, 0.6) is 11.5 Å². The highest BCUT2D eigenvalue weighted by Crippen LogP contribution is 2.37. The van der Waals surface area contributed by atoms with Crippen LogP contribution in [0, 0.1) is 10.1 Å². The summed E-state index contributed by atoms with van der Waals surface area (Å²) in [6.07, 6.45) is 0.235. The zero-order valence-corrected chi connectivity index (χ0v) is 12.5. The first-order valence-electron chi connectivity index (χ1n) is 6.25. The van der Waals surface area contributed by atoms with Crippen LogP contribution in [0.1, 0.15) is 6.42 Å². The lowest BCUT2D eigenvalue weighted by atomic mass is 10.2. The summed E-state index contributed by atoms with van der Waals surface area (Å²) in [6.45, 7) is 0.285.